The van der Waals surface area contributed by atoms with Crippen LogP contribution in [-0.2, 0) is 0 Å². The van der Waals surface area contributed by atoms with Crippen LogP contribution in [0.2, 0.25) is 0 Å². The number of carbonyl (C=O) groups excluding carboxylic acids is 1. The van der Waals surface area contributed by atoms with Crippen molar-refractivity contribution in [2.24, 2.45) is 0 Å². The third-order valence-electron chi connectivity index (χ3n) is 4.30. The zero-order valence-corrected chi connectivity index (χ0v) is 14.5. The summed E-state index contributed by atoms with van der Waals surface area (Å²) in [7, 11) is 0. The molecule has 0 aliphatic heterocycles. The molecule has 128 valence electrons. The average Bonchev–Trinajstić information content (AvgIpc) is 3.20. The molecular weight excluding hydrogens is 348 g/mol. The van der Waals surface area contributed by atoms with Gasteiger partial charge in [0.2, 0.25) is 0 Å². The van der Waals surface area contributed by atoms with Crippen molar-refractivity contribution in [2.45, 2.75) is 18.9 Å². The monoisotopic (exact) mass is 362 g/mol. The van der Waals surface area contributed by atoms with Gasteiger partial charge in [0, 0.05) is 34.9 Å². The first-order valence-corrected chi connectivity index (χ1v) is 9.22. The highest BCUT2D eigenvalue weighted by molar-refractivity contribution is 7.13. The summed E-state index contributed by atoms with van der Waals surface area (Å²) in [5.74, 6) is -0.0594. The third kappa shape index (κ3) is 2.76. The second-order valence-corrected chi connectivity index (χ2v) is 7.13. The Morgan fingerprint density at radius 2 is 2.19 bits per heavy atom. The van der Waals surface area contributed by atoms with Crippen LogP contribution in [0.15, 0.2) is 52.6 Å². The first-order chi connectivity index (χ1) is 12.8. The lowest BCUT2D eigenvalue weighted by Gasteiger charge is -2.02. The van der Waals surface area contributed by atoms with Crippen molar-refractivity contribution in [3.8, 4) is 22.0 Å². The normalized spacial score (nSPS) is 13.8. The quantitative estimate of drug-likeness (QED) is 0.595. The number of hydrogen-bond donors (Lipinski definition) is 1. The fourth-order valence-corrected chi connectivity index (χ4v) is 3.56. The summed E-state index contributed by atoms with van der Waals surface area (Å²) >= 11 is 1.52. The molecule has 1 aliphatic carbocycles. The molecule has 1 aliphatic rings. The van der Waals surface area contributed by atoms with Crippen molar-refractivity contribution in [3.63, 3.8) is 0 Å². The molecule has 1 N–H and O–H groups in total. The first-order valence-electron chi connectivity index (χ1n) is 8.34. The van der Waals surface area contributed by atoms with E-state index in [2.05, 4.69) is 20.4 Å². The van der Waals surface area contributed by atoms with Crippen LogP contribution in [0.3, 0.4) is 0 Å². The minimum Gasteiger partial charge on any atom is -0.356 e. The SMILES string of the molecule is O=C(NC1CC1)c1ccc2onc(-c3csc(-c4cccnc4)n3)c2c1. The zero-order chi connectivity index (χ0) is 17.5. The van der Waals surface area contributed by atoms with Gasteiger partial charge in [0.05, 0.1) is 5.39 Å². The van der Waals surface area contributed by atoms with E-state index in [1.807, 2.05) is 23.6 Å². The summed E-state index contributed by atoms with van der Waals surface area (Å²) in [5.41, 5.74) is 3.58. The number of hydrogen-bond acceptors (Lipinski definition) is 6. The Labute approximate surface area is 152 Å². The van der Waals surface area contributed by atoms with Crippen LogP contribution in [0.1, 0.15) is 23.2 Å². The summed E-state index contributed by atoms with van der Waals surface area (Å²) in [6.07, 6.45) is 5.63. The molecule has 4 aromatic rings. The number of pyridine rings is 1. The molecule has 26 heavy (non-hydrogen) atoms. The number of thiazole rings is 1. The fraction of sp³-hybridized carbons (Fsp3) is 0.158. The standard InChI is InChI=1S/C19H14N4O2S/c24-18(21-13-4-5-13)11-3-6-16-14(8-11)17(23-25-16)15-10-26-19(22-15)12-2-1-7-20-9-12/h1-3,6-10,13H,4-5H2,(H,21,24). The lowest BCUT2D eigenvalue weighted by molar-refractivity contribution is 0.0951. The van der Waals surface area contributed by atoms with Crippen LogP contribution in [0, 0.1) is 0 Å². The number of amides is 1. The van der Waals surface area contributed by atoms with E-state index in [0.29, 0.717) is 22.9 Å². The molecular formula is C19H14N4O2S. The molecule has 0 spiro atoms. The third-order valence-corrected chi connectivity index (χ3v) is 5.19. The largest absolute Gasteiger partial charge is 0.356 e. The highest BCUT2D eigenvalue weighted by Crippen LogP contribution is 2.32. The summed E-state index contributed by atoms with van der Waals surface area (Å²) in [4.78, 5) is 21.1. The Bertz CT molecular complexity index is 1100. The summed E-state index contributed by atoms with van der Waals surface area (Å²) < 4.78 is 5.42. The molecule has 1 amide bonds. The minimum atomic E-state index is -0.0594. The van der Waals surface area contributed by atoms with E-state index in [4.69, 9.17) is 4.52 Å². The van der Waals surface area contributed by atoms with Crippen LogP contribution in [0.4, 0.5) is 0 Å². The molecule has 0 unspecified atom stereocenters. The van der Waals surface area contributed by atoms with Gasteiger partial charge in [-0.3, -0.25) is 9.78 Å². The molecule has 3 heterocycles. The van der Waals surface area contributed by atoms with E-state index in [0.717, 1.165) is 34.5 Å². The van der Waals surface area contributed by atoms with Crippen LogP contribution < -0.4 is 5.32 Å². The Hall–Kier alpha value is -3.06. The van der Waals surface area contributed by atoms with Gasteiger partial charge in [-0.1, -0.05) is 5.16 Å². The molecule has 3 aromatic heterocycles. The number of nitrogens with zero attached hydrogens (tertiary/aromatic N) is 3. The molecule has 1 aromatic carbocycles. The molecule has 0 saturated heterocycles. The number of rotatable bonds is 4. The van der Waals surface area contributed by atoms with Gasteiger partial charge in [-0.15, -0.1) is 11.3 Å². The smallest absolute Gasteiger partial charge is 0.251 e. The van der Waals surface area contributed by atoms with Crippen molar-refractivity contribution in [1.29, 1.82) is 0 Å². The number of nitrogens with one attached hydrogen (secondary N) is 1. The maximum Gasteiger partial charge on any atom is 0.251 e. The van der Waals surface area contributed by atoms with Gasteiger partial charge >= 0.3 is 0 Å². The molecule has 7 heteroatoms. The van der Waals surface area contributed by atoms with E-state index >= 15 is 0 Å². The van der Waals surface area contributed by atoms with E-state index in [1.54, 1.807) is 24.5 Å². The van der Waals surface area contributed by atoms with Gasteiger partial charge < -0.3 is 9.84 Å². The number of benzene rings is 1. The topological polar surface area (TPSA) is 80.9 Å². The van der Waals surface area contributed by atoms with Crippen LogP contribution in [0.25, 0.3) is 32.9 Å². The Kier molecular flexibility index (Phi) is 3.53. The summed E-state index contributed by atoms with van der Waals surface area (Å²) in [5, 5.41) is 10.8. The Morgan fingerprint density at radius 3 is 3.00 bits per heavy atom. The van der Waals surface area contributed by atoms with Gasteiger partial charge in [-0.05, 0) is 43.2 Å². The van der Waals surface area contributed by atoms with Gasteiger partial charge in [0.25, 0.3) is 5.91 Å². The van der Waals surface area contributed by atoms with E-state index in [-0.39, 0.29) is 5.91 Å². The second kappa shape index (κ2) is 6.03. The lowest BCUT2D eigenvalue weighted by atomic mass is 10.1. The van der Waals surface area contributed by atoms with Crippen LogP contribution in [0.5, 0.6) is 0 Å². The van der Waals surface area contributed by atoms with Crippen LogP contribution >= 0.6 is 11.3 Å². The molecule has 1 fully saturated rings. The van der Waals surface area contributed by atoms with Crippen LogP contribution in [-0.4, -0.2) is 27.1 Å². The average molecular weight is 362 g/mol. The fourth-order valence-electron chi connectivity index (χ4n) is 2.77. The molecule has 0 bridgehead atoms. The number of carbonyl (C=O) groups is 1. The van der Waals surface area contributed by atoms with Gasteiger partial charge in [0.1, 0.15) is 16.4 Å². The lowest BCUT2D eigenvalue weighted by Crippen LogP contribution is -2.25. The highest BCUT2D eigenvalue weighted by Gasteiger charge is 2.24. The maximum absolute atomic E-state index is 12.3. The van der Waals surface area contributed by atoms with E-state index < -0.39 is 0 Å². The predicted octanol–water partition coefficient (Wildman–Crippen LogP) is 3.91. The zero-order valence-electron chi connectivity index (χ0n) is 13.7. The molecule has 6 nitrogen and oxygen atoms in total. The first kappa shape index (κ1) is 15.2. The van der Waals surface area contributed by atoms with Gasteiger partial charge in [0.15, 0.2) is 5.58 Å². The summed E-state index contributed by atoms with van der Waals surface area (Å²) in [6.45, 7) is 0. The van der Waals surface area contributed by atoms with Crippen molar-refractivity contribution < 1.29 is 9.32 Å². The second-order valence-electron chi connectivity index (χ2n) is 6.27. The van der Waals surface area contributed by atoms with E-state index in [1.165, 1.54) is 11.3 Å². The molecule has 5 rings (SSSR count). The van der Waals surface area contributed by atoms with E-state index in [9.17, 15) is 4.79 Å². The number of aromatic nitrogens is 3. The van der Waals surface area contributed by atoms with Crippen molar-refractivity contribution in [2.75, 3.05) is 0 Å². The molecule has 0 atom stereocenters. The van der Waals surface area contributed by atoms with Crippen molar-refractivity contribution >= 4 is 28.2 Å². The Balaban J connectivity index is 1.52. The molecule has 1 saturated carbocycles. The van der Waals surface area contributed by atoms with Gasteiger partial charge in [-0.2, -0.15) is 0 Å². The Morgan fingerprint density at radius 1 is 1.27 bits per heavy atom. The summed E-state index contributed by atoms with van der Waals surface area (Å²) in [6, 6.07) is 9.53. The van der Waals surface area contributed by atoms with Gasteiger partial charge in [-0.25, -0.2) is 4.98 Å². The van der Waals surface area contributed by atoms with Crippen molar-refractivity contribution in [3.05, 3.63) is 53.7 Å². The highest BCUT2D eigenvalue weighted by atomic mass is 32.1. The van der Waals surface area contributed by atoms with Crippen molar-refractivity contribution in [1.82, 2.24) is 20.4 Å². The maximum atomic E-state index is 12.3. The number of fused-ring (bicyclic) bond motifs is 1. The minimum absolute atomic E-state index is 0.0594. The predicted molar refractivity (Wildman–Crippen MR) is 98.8 cm³/mol. The molecule has 0 radical (unpaired) electrons.